The Morgan fingerprint density at radius 3 is 2.75 bits per heavy atom. The molecule has 86 valence electrons. The van der Waals surface area contributed by atoms with Gasteiger partial charge in [0.25, 0.3) is 0 Å². The van der Waals surface area contributed by atoms with Gasteiger partial charge in [-0.3, -0.25) is 0 Å². The highest BCUT2D eigenvalue weighted by atomic mass is 35.5. The van der Waals surface area contributed by atoms with Crippen LogP contribution in [0.15, 0.2) is 0 Å². The van der Waals surface area contributed by atoms with E-state index in [1.165, 1.54) is 10.4 Å². The molecule has 0 aliphatic heterocycles. The lowest BCUT2D eigenvalue weighted by molar-refractivity contribution is 0.128. The first-order valence-electron chi connectivity index (χ1n) is 5.13. The van der Waals surface area contributed by atoms with E-state index in [0.29, 0.717) is 24.2 Å². The first kappa shape index (κ1) is 11.8. The van der Waals surface area contributed by atoms with Crippen LogP contribution in [0, 0.1) is 13.8 Å². The Kier molecular flexibility index (Phi) is 3.42. The average Bonchev–Trinajstić information content (AvgIpc) is 2.52. The molecule has 0 fully saturated rings. The number of fused-ring (bicyclic) bond motifs is 1. The average molecular weight is 257 g/mol. The van der Waals surface area contributed by atoms with Crippen LogP contribution >= 0.6 is 22.9 Å². The van der Waals surface area contributed by atoms with Crippen molar-refractivity contribution in [2.75, 3.05) is 6.61 Å². The first-order valence-corrected chi connectivity index (χ1v) is 6.32. The first-order chi connectivity index (χ1) is 7.63. The molecule has 5 heteroatoms. The standard InChI is InChI=1S/C11H13ClN2OS/c1-4-15-5-8-13-10(12)9-6(2)7(3)16-11(9)14-8/h4-5H2,1-3H3. The lowest BCUT2D eigenvalue weighted by atomic mass is 10.2. The molecule has 0 spiro atoms. The molecular weight excluding hydrogens is 244 g/mol. The lowest BCUT2D eigenvalue weighted by Crippen LogP contribution is -1.99. The molecule has 0 saturated carbocycles. The number of nitrogens with zero attached hydrogens (tertiary/aromatic N) is 2. The van der Waals surface area contributed by atoms with E-state index in [4.69, 9.17) is 16.3 Å². The molecule has 0 N–H and O–H groups in total. The zero-order valence-electron chi connectivity index (χ0n) is 9.50. The van der Waals surface area contributed by atoms with Crippen molar-refractivity contribution in [2.24, 2.45) is 0 Å². The molecular formula is C11H13ClN2OS. The summed E-state index contributed by atoms with van der Waals surface area (Å²) in [5.74, 6) is 0.653. The largest absolute Gasteiger partial charge is 0.374 e. The summed E-state index contributed by atoms with van der Waals surface area (Å²) in [5.41, 5.74) is 1.17. The molecule has 2 rings (SSSR count). The molecule has 0 saturated heterocycles. The number of thiophene rings is 1. The highest BCUT2D eigenvalue weighted by Gasteiger charge is 2.12. The fourth-order valence-corrected chi connectivity index (χ4v) is 2.93. The zero-order valence-corrected chi connectivity index (χ0v) is 11.1. The molecule has 0 aliphatic rings. The van der Waals surface area contributed by atoms with Gasteiger partial charge in [-0.25, -0.2) is 9.97 Å². The fourth-order valence-electron chi connectivity index (χ4n) is 1.50. The summed E-state index contributed by atoms with van der Waals surface area (Å²) < 4.78 is 5.28. The maximum Gasteiger partial charge on any atom is 0.157 e. The molecule has 2 aromatic rings. The maximum atomic E-state index is 6.16. The van der Waals surface area contributed by atoms with Gasteiger partial charge in [0.1, 0.15) is 16.6 Å². The molecule has 2 aromatic heterocycles. The summed E-state index contributed by atoms with van der Waals surface area (Å²) in [6, 6.07) is 0. The second-order valence-corrected chi connectivity index (χ2v) is 5.09. The van der Waals surface area contributed by atoms with Gasteiger partial charge in [0, 0.05) is 11.5 Å². The summed E-state index contributed by atoms with van der Waals surface area (Å²) in [7, 11) is 0. The third-order valence-corrected chi connectivity index (χ3v) is 3.84. The highest BCUT2D eigenvalue weighted by Crippen LogP contribution is 2.32. The Bertz CT molecular complexity index is 524. The number of ether oxygens (including phenoxy) is 1. The molecule has 0 aromatic carbocycles. The summed E-state index contributed by atoms with van der Waals surface area (Å²) in [6.45, 7) is 7.13. The highest BCUT2D eigenvalue weighted by molar-refractivity contribution is 7.18. The van der Waals surface area contributed by atoms with Gasteiger partial charge in [0.15, 0.2) is 5.82 Å². The summed E-state index contributed by atoms with van der Waals surface area (Å²) in [6.07, 6.45) is 0. The molecule has 0 radical (unpaired) electrons. The van der Waals surface area contributed by atoms with E-state index in [-0.39, 0.29) is 0 Å². The minimum absolute atomic E-state index is 0.419. The second kappa shape index (κ2) is 4.65. The van der Waals surface area contributed by atoms with Crippen LogP contribution in [0.25, 0.3) is 10.2 Å². The van der Waals surface area contributed by atoms with E-state index in [0.717, 1.165) is 10.2 Å². The number of aryl methyl sites for hydroxylation is 2. The van der Waals surface area contributed by atoms with Crippen LogP contribution in [0.5, 0.6) is 0 Å². The van der Waals surface area contributed by atoms with Gasteiger partial charge in [-0.2, -0.15) is 0 Å². The normalized spacial score (nSPS) is 11.2. The Morgan fingerprint density at radius 1 is 1.31 bits per heavy atom. The smallest absolute Gasteiger partial charge is 0.157 e. The van der Waals surface area contributed by atoms with Crippen LogP contribution in [-0.2, 0) is 11.3 Å². The zero-order chi connectivity index (χ0) is 11.7. The Morgan fingerprint density at radius 2 is 2.06 bits per heavy atom. The minimum atomic E-state index is 0.419. The van der Waals surface area contributed by atoms with Crippen molar-refractivity contribution in [1.82, 2.24) is 9.97 Å². The van der Waals surface area contributed by atoms with Crippen LogP contribution in [-0.4, -0.2) is 16.6 Å². The van der Waals surface area contributed by atoms with Gasteiger partial charge in [-0.15, -0.1) is 11.3 Å². The molecule has 0 unspecified atom stereocenters. The molecule has 2 heterocycles. The topological polar surface area (TPSA) is 35.0 Å². The van der Waals surface area contributed by atoms with Crippen LogP contribution < -0.4 is 0 Å². The van der Waals surface area contributed by atoms with E-state index < -0.39 is 0 Å². The second-order valence-electron chi connectivity index (χ2n) is 3.53. The third-order valence-electron chi connectivity index (χ3n) is 2.47. The van der Waals surface area contributed by atoms with Crippen molar-refractivity contribution in [1.29, 1.82) is 0 Å². The van der Waals surface area contributed by atoms with Gasteiger partial charge in [-0.05, 0) is 26.3 Å². The van der Waals surface area contributed by atoms with Crippen LogP contribution in [0.2, 0.25) is 5.15 Å². The van der Waals surface area contributed by atoms with Crippen LogP contribution in [0.1, 0.15) is 23.2 Å². The van der Waals surface area contributed by atoms with Crippen molar-refractivity contribution in [2.45, 2.75) is 27.4 Å². The van der Waals surface area contributed by atoms with Crippen molar-refractivity contribution in [3.63, 3.8) is 0 Å². The predicted octanol–water partition coefficient (Wildman–Crippen LogP) is 3.50. The number of aromatic nitrogens is 2. The van der Waals surface area contributed by atoms with Crippen molar-refractivity contribution in [3.8, 4) is 0 Å². The molecule has 0 aliphatic carbocycles. The van der Waals surface area contributed by atoms with Gasteiger partial charge in [-0.1, -0.05) is 11.6 Å². The third kappa shape index (κ3) is 2.05. The summed E-state index contributed by atoms with van der Waals surface area (Å²) in [5, 5.41) is 1.51. The molecule has 0 amide bonds. The fraction of sp³-hybridized carbons (Fsp3) is 0.455. The van der Waals surface area contributed by atoms with Gasteiger partial charge < -0.3 is 4.74 Å². The lowest BCUT2D eigenvalue weighted by Gasteiger charge is -2.02. The van der Waals surface area contributed by atoms with Crippen LogP contribution in [0.4, 0.5) is 0 Å². The number of rotatable bonds is 3. The number of hydrogen-bond acceptors (Lipinski definition) is 4. The van der Waals surface area contributed by atoms with Gasteiger partial charge >= 0.3 is 0 Å². The molecule has 0 bridgehead atoms. The quantitative estimate of drug-likeness (QED) is 0.789. The molecule has 16 heavy (non-hydrogen) atoms. The maximum absolute atomic E-state index is 6.16. The summed E-state index contributed by atoms with van der Waals surface area (Å²) >= 11 is 7.81. The van der Waals surface area contributed by atoms with E-state index >= 15 is 0 Å². The number of hydrogen-bond donors (Lipinski definition) is 0. The minimum Gasteiger partial charge on any atom is -0.374 e. The number of halogens is 1. The Balaban J connectivity index is 2.51. The van der Waals surface area contributed by atoms with Gasteiger partial charge in [0.05, 0.1) is 5.39 Å². The molecule has 3 nitrogen and oxygen atoms in total. The predicted molar refractivity (Wildman–Crippen MR) is 67.2 cm³/mol. The van der Waals surface area contributed by atoms with Crippen LogP contribution in [0.3, 0.4) is 0 Å². The Labute approximate surface area is 103 Å². The van der Waals surface area contributed by atoms with E-state index in [1.54, 1.807) is 11.3 Å². The SMILES string of the molecule is CCOCc1nc(Cl)c2c(C)c(C)sc2n1. The van der Waals surface area contributed by atoms with Crippen molar-refractivity contribution >= 4 is 33.2 Å². The van der Waals surface area contributed by atoms with Crippen molar-refractivity contribution < 1.29 is 4.74 Å². The summed E-state index contributed by atoms with van der Waals surface area (Å²) in [4.78, 5) is 10.9. The Hall–Kier alpha value is -0.710. The van der Waals surface area contributed by atoms with E-state index in [1.807, 2.05) is 13.8 Å². The molecule has 0 atom stereocenters. The van der Waals surface area contributed by atoms with E-state index in [2.05, 4.69) is 16.9 Å². The van der Waals surface area contributed by atoms with Gasteiger partial charge in [0.2, 0.25) is 0 Å². The monoisotopic (exact) mass is 256 g/mol. The van der Waals surface area contributed by atoms with Crippen molar-refractivity contribution in [3.05, 3.63) is 21.4 Å². The van der Waals surface area contributed by atoms with E-state index in [9.17, 15) is 0 Å².